The number of hydrogen-bond donors (Lipinski definition) is 0. The molecule has 0 unspecified atom stereocenters. The van der Waals surface area contributed by atoms with Gasteiger partial charge < -0.3 is 9.64 Å². The molecule has 1 amide bonds. The highest BCUT2D eigenvalue weighted by Crippen LogP contribution is 2.44. The highest BCUT2D eigenvalue weighted by Gasteiger charge is 2.46. The maximum absolute atomic E-state index is 12.4. The first-order valence-corrected chi connectivity index (χ1v) is 7.07. The van der Waals surface area contributed by atoms with Gasteiger partial charge in [0.1, 0.15) is 0 Å². The average molecular weight is 253 g/mol. The van der Waals surface area contributed by atoms with Crippen LogP contribution in [0.5, 0.6) is 0 Å². The van der Waals surface area contributed by atoms with Crippen LogP contribution in [0.3, 0.4) is 0 Å². The molecule has 2 fully saturated rings. The van der Waals surface area contributed by atoms with Crippen LogP contribution in [0.1, 0.15) is 51.9 Å². The Bertz CT molecular complexity index is 321. The lowest BCUT2D eigenvalue weighted by atomic mass is 9.73. The highest BCUT2D eigenvalue weighted by molar-refractivity contribution is 5.84. The van der Waals surface area contributed by atoms with Crippen LogP contribution in [0.15, 0.2) is 0 Å². The van der Waals surface area contributed by atoms with Crippen LogP contribution in [0, 0.1) is 5.41 Å². The lowest BCUT2D eigenvalue weighted by molar-refractivity contribution is -0.141. The van der Waals surface area contributed by atoms with E-state index in [-0.39, 0.29) is 11.4 Å². The number of carbonyl (C=O) groups is 2. The fourth-order valence-electron chi connectivity index (χ4n) is 3.27. The van der Waals surface area contributed by atoms with Gasteiger partial charge in [-0.15, -0.1) is 0 Å². The van der Waals surface area contributed by atoms with Crippen LogP contribution >= 0.6 is 0 Å². The van der Waals surface area contributed by atoms with E-state index in [1.165, 1.54) is 26.2 Å². The first-order valence-electron chi connectivity index (χ1n) is 7.07. The summed E-state index contributed by atoms with van der Waals surface area (Å²) in [5.74, 6) is 0.108. The molecule has 1 spiro atoms. The van der Waals surface area contributed by atoms with Crippen LogP contribution in [0.4, 0.5) is 0 Å². The van der Waals surface area contributed by atoms with Crippen molar-refractivity contribution in [3.63, 3.8) is 0 Å². The van der Waals surface area contributed by atoms with Crippen LogP contribution in [-0.2, 0) is 14.3 Å². The van der Waals surface area contributed by atoms with E-state index in [0.29, 0.717) is 12.5 Å². The standard InChI is InChI=1S/C14H23NO3/c1-12(16)18-11-5-9-15-10-8-14(13(15)17)6-3-2-4-7-14/h2-11H2,1H3. The van der Waals surface area contributed by atoms with Gasteiger partial charge in [-0.3, -0.25) is 9.59 Å². The topological polar surface area (TPSA) is 46.6 Å². The highest BCUT2D eigenvalue weighted by atomic mass is 16.5. The summed E-state index contributed by atoms with van der Waals surface area (Å²) in [6.07, 6.45) is 7.61. The normalized spacial score (nSPS) is 22.5. The molecule has 0 atom stereocenters. The summed E-state index contributed by atoms with van der Waals surface area (Å²) in [4.78, 5) is 25.0. The molecule has 2 rings (SSSR count). The van der Waals surface area contributed by atoms with Gasteiger partial charge in [0.05, 0.1) is 12.0 Å². The second-order valence-corrected chi connectivity index (χ2v) is 5.58. The van der Waals surface area contributed by atoms with E-state index in [1.807, 2.05) is 4.90 Å². The number of hydrogen-bond acceptors (Lipinski definition) is 3. The Morgan fingerprint density at radius 1 is 1.28 bits per heavy atom. The van der Waals surface area contributed by atoms with Crippen molar-refractivity contribution >= 4 is 11.9 Å². The summed E-state index contributed by atoms with van der Waals surface area (Å²) in [6.45, 7) is 3.46. The molecule has 1 heterocycles. The molecule has 1 saturated carbocycles. The molecule has 0 bridgehead atoms. The molecule has 1 saturated heterocycles. The number of ether oxygens (including phenoxy) is 1. The van der Waals surface area contributed by atoms with Crippen molar-refractivity contribution in [2.24, 2.45) is 5.41 Å². The quantitative estimate of drug-likeness (QED) is 0.569. The zero-order valence-corrected chi connectivity index (χ0v) is 11.2. The molecule has 102 valence electrons. The average Bonchev–Trinajstić information content (AvgIpc) is 2.64. The minimum Gasteiger partial charge on any atom is -0.466 e. The molecule has 0 aromatic heterocycles. The number of esters is 1. The molecule has 0 radical (unpaired) electrons. The Morgan fingerprint density at radius 3 is 2.67 bits per heavy atom. The van der Waals surface area contributed by atoms with E-state index in [1.54, 1.807) is 0 Å². The van der Waals surface area contributed by atoms with Gasteiger partial charge in [0.2, 0.25) is 5.91 Å². The molecule has 18 heavy (non-hydrogen) atoms. The lowest BCUT2D eigenvalue weighted by Crippen LogP contribution is -2.36. The molecule has 4 nitrogen and oxygen atoms in total. The number of likely N-dealkylation sites (tertiary alicyclic amines) is 1. The van der Waals surface area contributed by atoms with Crippen LogP contribution in [0.2, 0.25) is 0 Å². The smallest absolute Gasteiger partial charge is 0.302 e. The molecule has 1 aliphatic heterocycles. The van der Waals surface area contributed by atoms with Crippen molar-refractivity contribution in [1.82, 2.24) is 4.90 Å². The molecular formula is C14H23NO3. The third-order valence-corrected chi connectivity index (χ3v) is 4.29. The maximum atomic E-state index is 12.4. The summed E-state index contributed by atoms with van der Waals surface area (Å²) in [6, 6.07) is 0. The minimum atomic E-state index is -0.244. The van der Waals surface area contributed by atoms with Crippen LogP contribution < -0.4 is 0 Å². The van der Waals surface area contributed by atoms with Crippen LogP contribution in [-0.4, -0.2) is 36.5 Å². The molecule has 4 heteroatoms. The Balaban J connectivity index is 1.78. The predicted molar refractivity (Wildman–Crippen MR) is 68.0 cm³/mol. The van der Waals surface area contributed by atoms with E-state index in [9.17, 15) is 9.59 Å². The number of rotatable bonds is 4. The third-order valence-electron chi connectivity index (χ3n) is 4.29. The zero-order chi connectivity index (χ0) is 13.0. The lowest BCUT2D eigenvalue weighted by Gasteiger charge is -2.31. The summed E-state index contributed by atoms with van der Waals surface area (Å²) in [5.41, 5.74) is -0.0281. The van der Waals surface area contributed by atoms with Crippen LogP contribution in [0.25, 0.3) is 0 Å². The predicted octanol–water partition coefficient (Wildman–Crippen LogP) is 2.12. The van der Waals surface area contributed by atoms with Crippen molar-refractivity contribution in [3.8, 4) is 0 Å². The van der Waals surface area contributed by atoms with E-state index < -0.39 is 0 Å². The van der Waals surface area contributed by atoms with E-state index in [2.05, 4.69) is 0 Å². The first kappa shape index (κ1) is 13.4. The van der Waals surface area contributed by atoms with Gasteiger partial charge in [0.25, 0.3) is 0 Å². The second kappa shape index (κ2) is 5.72. The second-order valence-electron chi connectivity index (χ2n) is 5.58. The zero-order valence-electron chi connectivity index (χ0n) is 11.2. The molecular weight excluding hydrogens is 230 g/mol. The number of nitrogens with zero attached hydrogens (tertiary/aromatic N) is 1. The Kier molecular flexibility index (Phi) is 4.25. The molecule has 0 aromatic rings. The van der Waals surface area contributed by atoms with Gasteiger partial charge in [-0.25, -0.2) is 0 Å². The Morgan fingerprint density at radius 2 is 2.00 bits per heavy atom. The van der Waals surface area contributed by atoms with Gasteiger partial charge >= 0.3 is 5.97 Å². The van der Waals surface area contributed by atoms with Crippen molar-refractivity contribution in [2.75, 3.05) is 19.7 Å². The van der Waals surface area contributed by atoms with Gasteiger partial charge in [0, 0.05) is 20.0 Å². The molecule has 2 aliphatic rings. The summed E-state index contributed by atoms with van der Waals surface area (Å²) >= 11 is 0. The van der Waals surface area contributed by atoms with Crippen molar-refractivity contribution in [2.45, 2.75) is 51.9 Å². The van der Waals surface area contributed by atoms with Gasteiger partial charge in [0.15, 0.2) is 0 Å². The third kappa shape index (κ3) is 2.85. The summed E-state index contributed by atoms with van der Waals surface area (Å²) in [7, 11) is 0. The summed E-state index contributed by atoms with van der Waals surface area (Å²) in [5, 5.41) is 0. The first-order chi connectivity index (χ1) is 8.64. The molecule has 1 aliphatic carbocycles. The van der Waals surface area contributed by atoms with Gasteiger partial charge in [-0.2, -0.15) is 0 Å². The minimum absolute atomic E-state index is 0.0281. The maximum Gasteiger partial charge on any atom is 0.302 e. The summed E-state index contributed by atoms with van der Waals surface area (Å²) < 4.78 is 4.90. The van der Waals surface area contributed by atoms with E-state index in [0.717, 1.165) is 38.8 Å². The number of carbonyl (C=O) groups excluding carboxylic acids is 2. The largest absolute Gasteiger partial charge is 0.466 e. The Hall–Kier alpha value is -1.06. The van der Waals surface area contributed by atoms with Gasteiger partial charge in [-0.1, -0.05) is 19.3 Å². The Labute approximate surface area is 109 Å². The SMILES string of the molecule is CC(=O)OCCCN1CCC2(CCCCC2)C1=O. The van der Waals surface area contributed by atoms with Gasteiger partial charge in [-0.05, 0) is 25.7 Å². The van der Waals surface area contributed by atoms with E-state index >= 15 is 0 Å². The fraction of sp³-hybridized carbons (Fsp3) is 0.857. The molecule has 0 aromatic carbocycles. The molecule has 0 N–H and O–H groups in total. The number of amides is 1. The van der Waals surface area contributed by atoms with Crippen molar-refractivity contribution in [1.29, 1.82) is 0 Å². The monoisotopic (exact) mass is 253 g/mol. The van der Waals surface area contributed by atoms with E-state index in [4.69, 9.17) is 4.74 Å². The van der Waals surface area contributed by atoms with Crippen molar-refractivity contribution in [3.05, 3.63) is 0 Å². The van der Waals surface area contributed by atoms with Crippen molar-refractivity contribution < 1.29 is 14.3 Å². The fourth-order valence-corrected chi connectivity index (χ4v) is 3.27.